The zero-order valence-electron chi connectivity index (χ0n) is 22.4. The normalized spacial score (nSPS) is 14.6. The van der Waals surface area contributed by atoms with Crippen molar-refractivity contribution in [1.82, 2.24) is 9.99 Å². The second-order valence-corrected chi connectivity index (χ2v) is 9.17. The molecule has 1 aliphatic rings. The van der Waals surface area contributed by atoms with Crippen LogP contribution in [0.3, 0.4) is 0 Å². The minimum absolute atomic E-state index is 0.194. The molecule has 0 saturated heterocycles. The molecule has 39 heavy (non-hydrogen) atoms. The Labute approximate surface area is 227 Å². The summed E-state index contributed by atoms with van der Waals surface area (Å²) >= 11 is 0. The number of hydrazone groups is 1. The number of aromatic nitrogens is 1. The third kappa shape index (κ3) is 5.18. The van der Waals surface area contributed by atoms with Gasteiger partial charge in [0.05, 0.1) is 16.8 Å². The van der Waals surface area contributed by atoms with Crippen LogP contribution in [-0.2, 0) is 14.3 Å². The highest BCUT2D eigenvalue weighted by Crippen LogP contribution is 2.38. The molecule has 0 unspecified atom stereocenters. The minimum Gasteiger partial charge on any atom is -0.446 e. The average molecular weight is 523 g/mol. The maximum Gasteiger partial charge on any atom is 0.308 e. The molecule has 3 aromatic carbocycles. The van der Waals surface area contributed by atoms with Crippen molar-refractivity contribution >= 4 is 34.4 Å². The first-order valence-corrected chi connectivity index (χ1v) is 13.0. The predicted octanol–water partition coefficient (Wildman–Crippen LogP) is 5.91. The monoisotopic (exact) mass is 522 g/mol. The van der Waals surface area contributed by atoms with Crippen molar-refractivity contribution in [3.05, 3.63) is 90.0 Å². The molecule has 1 atom stereocenters. The van der Waals surface area contributed by atoms with Crippen LogP contribution >= 0.6 is 0 Å². The van der Waals surface area contributed by atoms with Crippen molar-refractivity contribution in [3.8, 4) is 17.0 Å². The number of fused-ring (bicyclic) bond motifs is 1. The van der Waals surface area contributed by atoms with Gasteiger partial charge in [-0.1, -0.05) is 48.5 Å². The molecule has 0 saturated carbocycles. The second-order valence-electron chi connectivity index (χ2n) is 9.17. The topological polar surface area (TPSA) is 84.3 Å². The molecule has 0 spiro atoms. The first kappa shape index (κ1) is 25.9. The van der Waals surface area contributed by atoms with Crippen LogP contribution < -0.4 is 9.64 Å². The number of hydrogen-bond acceptors (Lipinski definition) is 7. The lowest BCUT2D eigenvalue weighted by Gasteiger charge is -2.23. The van der Waals surface area contributed by atoms with E-state index in [0.29, 0.717) is 11.3 Å². The van der Waals surface area contributed by atoms with Crippen LogP contribution in [0.25, 0.3) is 22.2 Å². The molecule has 0 fully saturated rings. The van der Waals surface area contributed by atoms with E-state index in [-0.39, 0.29) is 11.8 Å². The molecule has 0 N–H and O–H groups in total. The third-order valence-corrected chi connectivity index (χ3v) is 6.63. The Morgan fingerprint density at radius 3 is 2.36 bits per heavy atom. The number of para-hydroxylation sites is 1. The zero-order chi connectivity index (χ0) is 27.5. The van der Waals surface area contributed by atoms with E-state index in [1.54, 1.807) is 6.07 Å². The first-order chi connectivity index (χ1) is 18.9. The molecule has 5 rings (SSSR count). The van der Waals surface area contributed by atoms with Gasteiger partial charge in [0.2, 0.25) is 18.0 Å². The number of rotatable bonds is 7. The zero-order valence-corrected chi connectivity index (χ0v) is 22.4. The lowest BCUT2D eigenvalue weighted by molar-refractivity contribution is -0.135. The van der Waals surface area contributed by atoms with Crippen molar-refractivity contribution in [2.24, 2.45) is 5.10 Å². The van der Waals surface area contributed by atoms with E-state index in [2.05, 4.69) is 23.8 Å². The van der Waals surface area contributed by atoms with E-state index in [0.717, 1.165) is 46.5 Å². The number of hydrogen-bond donors (Lipinski definition) is 0. The summed E-state index contributed by atoms with van der Waals surface area (Å²) in [6, 6.07) is 25.1. The fourth-order valence-electron chi connectivity index (χ4n) is 4.75. The van der Waals surface area contributed by atoms with Crippen LogP contribution in [0.15, 0.2) is 84.0 Å². The van der Waals surface area contributed by atoms with Gasteiger partial charge >= 0.3 is 5.97 Å². The van der Waals surface area contributed by atoms with Crippen LogP contribution in [0.5, 0.6) is 5.75 Å². The van der Waals surface area contributed by atoms with E-state index < -0.39 is 12.2 Å². The van der Waals surface area contributed by atoms with Gasteiger partial charge in [-0.3, -0.25) is 9.59 Å². The molecule has 2 heterocycles. The molecular formula is C31H30N4O4. The number of pyridine rings is 1. The summed E-state index contributed by atoms with van der Waals surface area (Å²) in [5.74, 6) is -0.232. The van der Waals surface area contributed by atoms with E-state index in [4.69, 9.17) is 14.5 Å². The maximum atomic E-state index is 12.8. The van der Waals surface area contributed by atoms with E-state index in [1.807, 2.05) is 72.8 Å². The van der Waals surface area contributed by atoms with Gasteiger partial charge in [0.25, 0.3) is 0 Å². The van der Waals surface area contributed by atoms with Crippen LogP contribution in [0.2, 0.25) is 0 Å². The molecule has 0 aliphatic carbocycles. The summed E-state index contributed by atoms with van der Waals surface area (Å²) in [6.07, 6.45) is -0.833. The van der Waals surface area contributed by atoms with Crippen molar-refractivity contribution < 1.29 is 19.1 Å². The Balaban J connectivity index is 1.61. The fourth-order valence-corrected chi connectivity index (χ4v) is 4.75. The van der Waals surface area contributed by atoms with Gasteiger partial charge in [0.1, 0.15) is 5.75 Å². The molecule has 1 amide bonds. The van der Waals surface area contributed by atoms with E-state index in [1.165, 1.54) is 18.9 Å². The lowest BCUT2D eigenvalue weighted by Crippen LogP contribution is -2.25. The SMILES string of the molecule is CCN(CC)c1ccc(C2=NN(C(C)=O)[C@@H](c3cc(-c4ccccc4)nc4ccccc34)O2)c(OC(C)=O)c1. The predicted molar refractivity (Wildman–Crippen MR) is 151 cm³/mol. The Morgan fingerprint density at radius 2 is 1.67 bits per heavy atom. The Hall–Kier alpha value is -4.72. The Kier molecular flexibility index (Phi) is 7.27. The van der Waals surface area contributed by atoms with Gasteiger partial charge in [-0.05, 0) is 38.1 Å². The second kappa shape index (κ2) is 10.9. The standard InChI is InChI=1S/C31H30N4O4/c1-5-34(6-2)23-16-17-25(29(18-23)38-21(4)37)30-33-35(20(3)36)31(39-30)26-19-28(22-12-8-7-9-13-22)32-27-15-11-10-14-24(26)27/h7-19,31H,5-6H2,1-4H3/t31-/m1/s1. The van der Waals surface area contributed by atoms with Crippen molar-refractivity contribution in [3.63, 3.8) is 0 Å². The van der Waals surface area contributed by atoms with Crippen LogP contribution in [0, 0.1) is 0 Å². The number of carbonyl (C=O) groups excluding carboxylic acids is 2. The molecule has 8 nitrogen and oxygen atoms in total. The van der Waals surface area contributed by atoms with Crippen molar-refractivity contribution in [2.45, 2.75) is 33.9 Å². The fraction of sp³-hybridized carbons (Fsp3) is 0.226. The van der Waals surface area contributed by atoms with Gasteiger partial charge in [0, 0.05) is 55.2 Å². The van der Waals surface area contributed by atoms with Gasteiger partial charge in [-0.2, -0.15) is 5.01 Å². The summed E-state index contributed by atoms with van der Waals surface area (Å²) in [5.41, 5.74) is 4.62. The third-order valence-electron chi connectivity index (χ3n) is 6.63. The number of anilines is 1. The molecule has 1 aromatic heterocycles. The average Bonchev–Trinajstić information content (AvgIpc) is 3.39. The van der Waals surface area contributed by atoms with Crippen LogP contribution in [-0.4, -0.2) is 40.9 Å². The molecule has 0 bridgehead atoms. The summed E-state index contributed by atoms with van der Waals surface area (Å²) in [7, 11) is 0. The van der Waals surface area contributed by atoms with Gasteiger partial charge in [0.15, 0.2) is 0 Å². The van der Waals surface area contributed by atoms with Gasteiger partial charge in [-0.25, -0.2) is 4.98 Å². The molecular weight excluding hydrogens is 492 g/mol. The molecule has 0 radical (unpaired) electrons. The van der Waals surface area contributed by atoms with E-state index in [9.17, 15) is 9.59 Å². The Morgan fingerprint density at radius 1 is 0.949 bits per heavy atom. The van der Waals surface area contributed by atoms with Gasteiger partial charge < -0.3 is 14.4 Å². The molecule has 8 heteroatoms. The smallest absolute Gasteiger partial charge is 0.308 e. The highest BCUT2D eigenvalue weighted by molar-refractivity contribution is 6.00. The number of carbonyl (C=O) groups is 2. The number of amides is 1. The summed E-state index contributed by atoms with van der Waals surface area (Å²) in [6.45, 7) is 8.51. The highest BCUT2D eigenvalue weighted by Gasteiger charge is 2.36. The Bertz CT molecular complexity index is 1560. The number of benzene rings is 3. The minimum atomic E-state index is -0.833. The summed E-state index contributed by atoms with van der Waals surface area (Å²) < 4.78 is 12.0. The first-order valence-electron chi connectivity index (χ1n) is 13.0. The number of esters is 1. The molecule has 4 aromatic rings. The van der Waals surface area contributed by atoms with Crippen molar-refractivity contribution in [2.75, 3.05) is 18.0 Å². The summed E-state index contributed by atoms with van der Waals surface area (Å²) in [5, 5.41) is 6.73. The quantitative estimate of drug-likeness (QED) is 0.222. The van der Waals surface area contributed by atoms with Crippen LogP contribution in [0.1, 0.15) is 45.0 Å². The number of ether oxygens (including phenoxy) is 2. The molecule has 1 aliphatic heterocycles. The van der Waals surface area contributed by atoms with Gasteiger partial charge in [-0.15, -0.1) is 5.10 Å². The van der Waals surface area contributed by atoms with Crippen molar-refractivity contribution in [1.29, 1.82) is 0 Å². The lowest BCUT2D eigenvalue weighted by atomic mass is 10.0. The van der Waals surface area contributed by atoms with Crippen LogP contribution in [0.4, 0.5) is 5.69 Å². The summed E-state index contributed by atoms with van der Waals surface area (Å²) in [4.78, 5) is 31.8. The highest BCUT2D eigenvalue weighted by atomic mass is 16.5. The number of nitrogens with zero attached hydrogens (tertiary/aromatic N) is 4. The van der Waals surface area contributed by atoms with E-state index >= 15 is 0 Å². The molecule has 198 valence electrons. The largest absolute Gasteiger partial charge is 0.446 e. The maximum absolute atomic E-state index is 12.8.